The standard InChI is InChI=1S/C19H19BrN4/c1-12-6-4-9-17(14(12)3)23-18-10-13(2)21-19(24-18)22-16-8-5-7-15(20)11-16/h4-11H,1-3H3,(H2,21,22,23,24). The number of halogens is 1. The van der Waals surface area contributed by atoms with Gasteiger partial charge in [0.2, 0.25) is 5.95 Å². The first kappa shape index (κ1) is 16.5. The van der Waals surface area contributed by atoms with Crippen LogP contribution in [0, 0.1) is 20.8 Å². The van der Waals surface area contributed by atoms with E-state index in [1.807, 2.05) is 43.3 Å². The van der Waals surface area contributed by atoms with Crippen molar-refractivity contribution < 1.29 is 0 Å². The lowest BCUT2D eigenvalue weighted by atomic mass is 10.1. The van der Waals surface area contributed by atoms with Crippen LogP contribution in [0.15, 0.2) is 53.0 Å². The molecule has 0 aliphatic rings. The maximum absolute atomic E-state index is 4.58. The molecule has 1 aromatic heterocycles. The highest BCUT2D eigenvalue weighted by Crippen LogP contribution is 2.24. The molecule has 0 spiro atoms. The summed E-state index contributed by atoms with van der Waals surface area (Å²) >= 11 is 3.47. The van der Waals surface area contributed by atoms with E-state index in [1.54, 1.807) is 0 Å². The van der Waals surface area contributed by atoms with Crippen LogP contribution < -0.4 is 10.6 Å². The average molecular weight is 383 g/mol. The van der Waals surface area contributed by atoms with E-state index in [0.29, 0.717) is 5.95 Å². The van der Waals surface area contributed by atoms with Crippen LogP contribution in [0.1, 0.15) is 16.8 Å². The minimum Gasteiger partial charge on any atom is -0.340 e. The van der Waals surface area contributed by atoms with Crippen molar-refractivity contribution in [2.24, 2.45) is 0 Å². The van der Waals surface area contributed by atoms with E-state index in [-0.39, 0.29) is 0 Å². The monoisotopic (exact) mass is 382 g/mol. The summed E-state index contributed by atoms with van der Waals surface area (Å²) in [5, 5.41) is 6.64. The van der Waals surface area contributed by atoms with Crippen molar-refractivity contribution in [1.82, 2.24) is 9.97 Å². The number of benzene rings is 2. The Hall–Kier alpha value is -2.40. The molecule has 0 bridgehead atoms. The van der Waals surface area contributed by atoms with Crippen LogP contribution in [0.2, 0.25) is 0 Å². The zero-order chi connectivity index (χ0) is 17.1. The van der Waals surface area contributed by atoms with Crippen molar-refractivity contribution >= 4 is 39.1 Å². The lowest BCUT2D eigenvalue weighted by molar-refractivity contribution is 1.11. The molecule has 4 nitrogen and oxygen atoms in total. The maximum Gasteiger partial charge on any atom is 0.229 e. The lowest BCUT2D eigenvalue weighted by Gasteiger charge is -2.13. The number of anilines is 4. The Morgan fingerprint density at radius 3 is 2.46 bits per heavy atom. The number of rotatable bonds is 4. The molecule has 0 aliphatic carbocycles. The second-order valence-electron chi connectivity index (χ2n) is 5.73. The summed E-state index contributed by atoms with van der Waals surface area (Å²) in [6, 6.07) is 16.1. The summed E-state index contributed by atoms with van der Waals surface area (Å²) in [4.78, 5) is 9.04. The van der Waals surface area contributed by atoms with Gasteiger partial charge in [-0.1, -0.05) is 34.1 Å². The van der Waals surface area contributed by atoms with Crippen LogP contribution >= 0.6 is 15.9 Å². The summed E-state index contributed by atoms with van der Waals surface area (Å²) < 4.78 is 1.01. The predicted octanol–water partition coefficient (Wildman–Crippen LogP) is 5.65. The number of aryl methyl sites for hydroxylation is 2. The Morgan fingerprint density at radius 2 is 1.67 bits per heavy atom. The second-order valence-corrected chi connectivity index (χ2v) is 6.64. The lowest BCUT2D eigenvalue weighted by Crippen LogP contribution is -2.03. The van der Waals surface area contributed by atoms with Gasteiger partial charge in [-0.15, -0.1) is 0 Å². The maximum atomic E-state index is 4.58. The van der Waals surface area contributed by atoms with Crippen molar-refractivity contribution in [3.05, 3.63) is 69.8 Å². The first-order chi connectivity index (χ1) is 11.5. The van der Waals surface area contributed by atoms with E-state index in [4.69, 9.17) is 0 Å². The molecule has 122 valence electrons. The van der Waals surface area contributed by atoms with E-state index in [9.17, 15) is 0 Å². The highest BCUT2D eigenvalue weighted by molar-refractivity contribution is 9.10. The van der Waals surface area contributed by atoms with Gasteiger partial charge >= 0.3 is 0 Å². The van der Waals surface area contributed by atoms with Gasteiger partial charge in [0.1, 0.15) is 5.82 Å². The smallest absolute Gasteiger partial charge is 0.229 e. The molecule has 0 atom stereocenters. The largest absolute Gasteiger partial charge is 0.340 e. The molecule has 3 aromatic rings. The average Bonchev–Trinajstić information content (AvgIpc) is 2.51. The summed E-state index contributed by atoms with van der Waals surface area (Å²) in [6.45, 7) is 6.17. The first-order valence-corrected chi connectivity index (χ1v) is 8.52. The molecule has 2 aromatic carbocycles. The fourth-order valence-electron chi connectivity index (χ4n) is 2.41. The van der Waals surface area contributed by atoms with Crippen LogP contribution in [0.5, 0.6) is 0 Å². The van der Waals surface area contributed by atoms with Crippen molar-refractivity contribution in [2.75, 3.05) is 10.6 Å². The Balaban J connectivity index is 1.87. The third kappa shape index (κ3) is 3.92. The Bertz CT molecular complexity index is 877. The Morgan fingerprint density at radius 1 is 0.875 bits per heavy atom. The van der Waals surface area contributed by atoms with Gasteiger partial charge in [0, 0.05) is 27.6 Å². The number of hydrogen-bond donors (Lipinski definition) is 2. The SMILES string of the molecule is Cc1cc(Nc2cccc(C)c2C)nc(Nc2cccc(Br)c2)n1. The van der Waals surface area contributed by atoms with Crippen LogP contribution in [0.25, 0.3) is 0 Å². The quantitative estimate of drug-likeness (QED) is 0.611. The van der Waals surface area contributed by atoms with Crippen molar-refractivity contribution in [2.45, 2.75) is 20.8 Å². The molecule has 0 saturated carbocycles. The number of nitrogens with one attached hydrogen (secondary N) is 2. The first-order valence-electron chi connectivity index (χ1n) is 7.73. The molecular formula is C19H19BrN4. The molecular weight excluding hydrogens is 364 g/mol. The number of nitrogens with zero attached hydrogens (tertiary/aromatic N) is 2. The van der Waals surface area contributed by atoms with E-state index in [1.165, 1.54) is 11.1 Å². The summed E-state index contributed by atoms with van der Waals surface area (Å²) in [7, 11) is 0. The second kappa shape index (κ2) is 7.01. The van der Waals surface area contributed by atoms with E-state index in [2.05, 4.69) is 62.5 Å². The number of hydrogen-bond acceptors (Lipinski definition) is 4. The number of aromatic nitrogens is 2. The molecule has 0 aliphatic heterocycles. The van der Waals surface area contributed by atoms with Crippen LogP contribution in [0.4, 0.5) is 23.1 Å². The minimum absolute atomic E-state index is 0.570. The summed E-state index contributed by atoms with van der Waals surface area (Å²) in [6.07, 6.45) is 0. The van der Waals surface area contributed by atoms with Crippen molar-refractivity contribution in [3.8, 4) is 0 Å². The molecule has 2 N–H and O–H groups in total. The molecule has 24 heavy (non-hydrogen) atoms. The molecule has 0 radical (unpaired) electrons. The Labute approximate surface area is 150 Å². The predicted molar refractivity (Wildman–Crippen MR) is 103 cm³/mol. The molecule has 0 fully saturated rings. The van der Waals surface area contributed by atoms with Crippen LogP contribution in [-0.2, 0) is 0 Å². The van der Waals surface area contributed by atoms with Gasteiger partial charge in [-0.3, -0.25) is 0 Å². The van der Waals surface area contributed by atoms with E-state index in [0.717, 1.165) is 27.4 Å². The zero-order valence-electron chi connectivity index (χ0n) is 13.9. The topological polar surface area (TPSA) is 49.8 Å². The van der Waals surface area contributed by atoms with Crippen LogP contribution in [0.3, 0.4) is 0 Å². The van der Waals surface area contributed by atoms with Gasteiger partial charge in [0.25, 0.3) is 0 Å². The third-order valence-corrected chi connectivity index (χ3v) is 4.30. The molecule has 0 saturated heterocycles. The van der Waals surface area contributed by atoms with Gasteiger partial charge in [-0.2, -0.15) is 4.98 Å². The molecule has 0 unspecified atom stereocenters. The van der Waals surface area contributed by atoms with Crippen molar-refractivity contribution in [3.63, 3.8) is 0 Å². The molecule has 1 heterocycles. The van der Waals surface area contributed by atoms with E-state index >= 15 is 0 Å². The summed E-state index contributed by atoms with van der Waals surface area (Å²) in [5.74, 6) is 1.34. The Kier molecular flexibility index (Phi) is 4.81. The van der Waals surface area contributed by atoms with Gasteiger partial charge in [0.05, 0.1) is 0 Å². The summed E-state index contributed by atoms with van der Waals surface area (Å²) in [5.41, 5.74) is 5.36. The van der Waals surface area contributed by atoms with Crippen molar-refractivity contribution in [1.29, 1.82) is 0 Å². The van der Waals surface area contributed by atoms with Gasteiger partial charge in [-0.25, -0.2) is 4.98 Å². The van der Waals surface area contributed by atoms with Gasteiger partial charge < -0.3 is 10.6 Å². The highest BCUT2D eigenvalue weighted by Gasteiger charge is 2.06. The normalized spacial score (nSPS) is 10.5. The molecule has 5 heteroatoms. The van der Waals surface area contributed by atoms with Crippen LogP contribution in [-0.4, -0.2) is 9.97 Å². The minimum atomic E-state index is 0.570. The fourth-order valence-corrected chi connectivity index (χ4v) is 2.81. The molecule has 0 amide bonds. The zero-order valence-corrected chi connectivity index (χ0v) is 15.5. The van der Waals surface area contributed by atoms with Gasteiger partial charge in [0.15, 0.2) is 0 Å². The van der Waals surface area contributed by atoms with E-state index < -0.39 is 0 Å². The van der Waals surface area contributed by atoms with Gasteiger partial charge in [-0.05, 0) is 56.2 Å². The fraction of sp³-hybridized carbons (Fsp3) is 0.158. The molecule has 3 rings (SSSR count). The highest BCUT2D eigenvalue weighted by atomic mass is 79.9. The third-order valence-electron chi connectivity index (χ3n) is 3.80.